The van der Waals surface area contributed by atoms with Gasteiger partial charge in [-0.25, -0.2) is 17.5 Å². The number of rotatable bonds is 4. The maximum absolute atomic E-state index is 13.3. The summed E-state index contributed by atoms with van der Waals surface area (Å²) in [6, 6.07) is 12.1. The van der Waals surface area contributed by atoms with Gasteiger partial charge >= 0.3 is 11.8 Å². The first-order chi connectivity index (χ1) is 14.7. The van der Waals surface area contributed by atoms with Crippen molar-refractivity contribution in [3.05, 3.63) is 76.2 Å². The minimum Gasteiger partial charge on any atom is -0.344 e. The Labute approximate surface area is 181 Å². The third-order valence-electron chi connectivity index (χ3n) is 4.69. The fourth-order valence-corrected chi connectivity index (χ4v) is 4.90. The van der Waals surface area contributed by atoms with Crippen molar-refractivity contribution in [1.29, 1.82) is 0 Å². The van der Waals surface area contributed by atoms with Gasteiger partial charge in [0.05, 0.1) is 22.9 Å². The molecule has 0 atom stereocenters. The smallest absolute Gasteiger partial charge is 0.314 e. The molecule has 2 heterocycles. The Morgan fingerprint density at radius 2 is 1.77 bits per heavy atom. The zero-order valence-corrected chi connectivity index (χ0v) is 17.5. The van der Waals surface area contributed by atoms with Gasteiger partial charge in [0.25, 0.3) is 0 Å². The molecule has 0 aliphatic carbocycles. The molecule has 2 N–H and O–H groups in total. The lowest BCUT2D eigenvalue weighted by atomic mass is 10.2. The SMILES string of the molecule is O=C(NCc1ccccc1Cl)C(=O)Nc1c2c(nn1-c1ccc(F)cc1)CS(=O)(=O)C2. The maximum Gasteiger partial charge on any atom is 0.314 e. The van der Waals surface area contributed by atoms with Crippen LogP contribution in [-0.4, -0.2) is 30.0 Å². The number of carbonyl (C=O) groups excluding carboxylic acids is 2. The minimum absolute atomic E-state index is 0.0373. The van der Waals surface area contributed by atoms with Crippen LogP contribution in [0.2, 0.25) is 5.02 Å². The second-order valence-corrected chi connectivity index (χ2v) is 9.39. The van der Waals surface area contributed by atoms with E-state index >= 15 is 0 Å². The van der Waals surface area contributed by atoms with Gasteiger partial charge in [-0.15, -0.1) is 0 Å². The number of nitrogens with zero attached hydrogens (tertiary/aromatic N) is 2. The summed E-state index contributed by atoms with van der Waals surface area (Å²) in [6.07, 6.45) is 0. The number of hydrogen-bond acceptors (Lipinski definition) is 5. The van der Waals surface area contributed by atoms with Gasteiger partial charge in [0.1, 0.15) is 11.6 Å². The van der Waals surface area contributed by atoms with Crippen LogP contribution in [0, 0.1) is 5.82 Å². The summed E-state index contributed by atoms with van der Waals surface area (Å²) in [7, 11) is -3.40. The van der Waals surface area contributed by atoms with Crippen molar-refractivity contribution in [2.75, 3.05) is 5.32 Å². The first-order valence-electron chi connectivity index (χ1n) is 9.13. The van der Waals surface area contributed by atoms with Gasteiger partial charge in [0, 0.05) is 17.1 Å². The van der Waals surface area contributed by atoms with Crippen molar-refractivity contribution in [1.82, 2.24) is 15.1 Å². The number of anilines is 1. The number of benzene rings is 2. The van der Waals surface area contributed by atoms with Crippen LogP contribution in [0.25, 0.3) is 5.69 Å². The van der Waals surface area contributed by atoms with Crippen LogP contribution in [0.4, 0.5) is 10.2 Å². The van der Waals surface area contributed by atoms with E-state index in [-0.39, 0.29) is 29.6 Å². The fraction of sp³-hybridized carbons (Fsp3) is 0.150. The first-order valence-corrected chi connectivity index (χ1v) is 11.3. The summed E-state index contributed by atoms with van der Waals surface area (Å²) in [6.45, 7) is 0.0373. The van der Waals surface area contributed by atoms with Gasteiger partial charge in [0.2, 0.25) is 0 Å². The molecule has 1 aromatic heterocycles. The van der Waals surface area contributed by atoms with Crippen LogP contribution in [-0.2, 0) is 37.5 Å². The normalized spacial score (nSPS) is 14.1. The van der Waals surface area contributed by atoms with Crippen LogP contribution >= 0.6 is 11.6 Å². The number of carbonyl (C=O) groups is 2. The standard InChI is InChI=1S/C20H16ClFN4O4S/c21-16-4-2-1-3-12(16)9-23-19(27)20(28)24-18-15-10-31(29,30)11-17(15)25-26(18)14-7-5-13(22)6-8-14/h1-8H,9-11H2,(H,23,27)(H,24,28). The molecular formula is C20H16ClFN4O4S. The highest BCUT2D eigenvalue weighted by atomic mass is 35.5. The third kappa shape index (κ3) is 4.44. The maximum atomic E-state index is 13.3. The molecule has 0 saturated carbocycles. The van der Waals surface area contributed by atoms with E-state index in [2.05, 4.69) is 15.7 Å². The predicted molar refractivity (Wildman–Crippen MR) is 112 cm³/mol. The number of halogens is 2. The summed E-state index contributed by atoms with van der Waals surface area (Å²) < 4.78 is 38.6. The van der Waals surface area contributed by atoms with Gasteiger partial charge in [-0.05, 0) is 35.9 Å². The van der Waals surface area contributed by atoms with Gasteiger partial charge < -0.3 is 10.6 Å². The Balaban J connectivity index is 1.58. The van der Waals surface area contributed by atoms with Crippen LogP contribution in [0.3, 0.4) is 0 Å². The Kier molecular flexibility index (Phi) is 5.50. The molecule has 2 aromatic carbocycles. The van der Waals surface area contributed by atoms with E-state index in [0.717, 1.165) is 0 Å². The zero-order valence-electron chi connectivity index (χ0n) is 15.9. The molecule has 1 aliphatic rings. The number of fused-ring (bicyclic) bond motifs is 1. The Morgan fingerprint density at radius 1 is 1.06 bits per heavy atom. The number of aromatic nitrogens is 2. The first kappa shape index (κ1) is 21.0. The lowest BCUT2D eigenvalue weighted by Gasteiger charge is -2.11. The highest BCUT2D eigenvalue weighted by molar-refractivity contribution is 7.90. The highest BCUT2D eigenvalue weighted by Gasteiger charge is 2.33. The van der Waals surface area contributed by atoms with E-state index in [9.17, 15) is 22.4 Å². The molecule has 0 spiro atoms. The zero-order chi connectivity index (χ0) is 22.2. The number of amides is 2. The quantitative estimate of drug-likeness (QED) is 0.578. The summed E-state index contributed by atoms with van der Waals surface area (Å²) in [5.74, 6) is -2.93. The average Bonchev–Trinajstić information content (AvgIpc) is 3.20. The Morgan fingerprint density at radius 3 is 2.48 bits per heavy atom. The second-order valence-electron chi connectivity index (χ2n) is 6.92. The van der Waals surface area contributed by atoms with Crippen molar-refractivity contribution in [3.8, 4) is 5.69 Å². The molecule has 4 rings (SSSR count). The van der Waals surface area contributed by atoms with Crippen LogP contribution < -0.4 is 10.6 Å². The monoisotopic (exact) mass is 462 g/mol. The van der Waals surface area contributed by atoms with Gasteiger partial charge in [-0.3, -0.25) is 9.59 Å². The second kappa shape index (κ2) is 8.12. The van der Waals surface area contributed by atoms with Gasteiger partial charge in [-0.2, -0.15) is 5.10 Å². The van der Waals surface area contributed by atoms with Crippen molar-refractivity contribution in [2.45, 2.75) is 18.1 Å². The highest BCUT2D eigenvalue weighted by Crippen LogP contribution is 2.33. The molecule has 2 amide bonds. The molecular weight excluding hydrogens is 447 g/mol. The molecule has 0 radical (unpaired) electrons. The van der Waals surface area contributed by atoms with E-state index in [1.54, 1.807) is 24.3 Å². The molecule has 31 heavy (non-hydrogen) atoms. The number of sulfone groups is 1. The molecule has 3 aromatic rings. The van der Waals surface area contributed by atoms with Gasteiger partial charge in [-0.1, -0.05) is 29.8 Å². The van der Waals surface area contributed by atoms with E-state index in [1.165, 1.54) is 28.9 Å². The molecule has 0 fully saturated rings. The summed E-state index contributed by atoms with van der Waals surface area (Å²) in [5.41, 5.74) is 1.61. The molecule has 0 unspecified atom stereocenters. The molecule has 8 nitrogen and oxygen atoms in total. The van der Waals surface area contributed by atoms with E-state index in [4.69, 9.17) is 11.6 Å². The van der Waals surface area contributed by atoms with Crippen molar-refractivity contribution in [3.63, 3.8) is 0 Å². The molecule has 160 valence electrons. The molecule has 0 saturated heterocycles. The Bertz CT molecular complexity index is 1290. The lowest BCUT2D eigenvalue weighted by molar-refractivity contribution is -0.136. The largest absolute Gasteiger partial charge is 0.344 e. The van der Waals surface area contributed by atoms with E-state index in [1.807, 2.05) is 0 Å². The van der Waals surface area contributed by atoms with Crippen LogP contribution in [0.1, 0.15) is 16.8 Å². The third-order valence-corrected chi connectivity index (χ3v) is 6.50. The fourth-order valence-electron chi connectivity index (χ4n) is 3.20. The van der Waals surface area contributed by atoms with Crippen LogP contribution in [0.15, 0.2) is 48.5 Å². The van der Waals surface area contributed by atoms with Crippen molar-refractivity contribution >= 4 is 39.1 Å². The lowest BCUT2D eigenvalue weighted by Crippen LogP contribution is -2.35. The molecule has 0 bridgehead atoms. The van der Waals surface area contributed by atoms with Gasteiger partial charge in [0.15, 0.2) is 9.84 Å². The van der Waals surface area contributed by atoms with E-state index in [0.29, 0.717) is 21.8 Å². The average molecular weight is 463 g/mol. The topological polar surface area (TPSA) is 110 Å². The number of nitrogens with one attached hydrogen (secondary N) is 2. The summed E-state index contributed by atoms with van der Waals surface area (Å²) >= 11 is 6.05. The van der Waals surface area contributed by atoms with Crippen molar-refractivity contribution < 1.29 is 22.4 Å². The summed E-state index contributed by atoms with van der Waals surface area (Å²) in [4.78, 5) is 24.8. The van der Waals surface area contributed by atoms with E-state index < -0.39 is 27.5 Å². The minimum atomic E-state index is -3.40. The number of hydrogen-bond donors (Lipinski definition) is 2. The molecule has 1 aliphatic heterocycles. The van der Waals surface area contributed by atoms with Crippen LogP contribution in [0.5, 0.6) is 0 Å². The van der Waals surface area contributed by atoms with Crippen molar-refractivity contribution in [2.24, 2.45) is 0 Å². The predicted octanol–water partition coefficient (Wildman–Crippen LogP) is 2.35. The summed E-state index contributed by atoms with van der Waals surface area (Å²) in [5, 5.41) is 9.62. The molecule has 11 heteroatoms. The Hall–Kier alpha value is -3.24.